The Morgan fingerprint density at radius 2 is 2.00 bits per heavy atom. The number of hydrogen-bond donors (Lipinski definition) is 1. The highest BCUT2D eigenvalue weighted by Gasteiger charge is 2.13. The number of nitrogens with zero attached hydrogens (tertiary/aromatic N) is 2. The summed E-state index contributed by atoms with van der Waals surface area (Å²) in [5.41, 5.74) is 0.921. The van der Waals surface area contributed by atoms with Crippen LogP contribution in [0, 0.1) is 17.2 Å². The Balaban J connectivity index is 2.54. The second-order valence-corrected chi connectivity index (χ2v) is 6.53. The van der Waals surface area contributed by atoms with Gasteiger partial charge in [0.05, 0.1) is 24.1 Å². The highest BCUT2D eigenvalue weighted by Crippen LogP contribution is 2.20. The number of carbonyl (C=O) groups is 2. The maximum absolute atomic E-state index is 12.1. The molecular weight excluding hydrogens is 342 g/mol. The maximum atomic E-state index is 12.1. The van der Waals surface area contributed by atoms with E-state index in [0.29, 0.717) is 48.1 Å². The zero-order valence-corrected chi connectivity index (χ0v) is 15.6. The van der Waals surface area contributed by atoms with Gasteiger partial charge in [0.15, 0.2) is 0 Å². The molecule has 136 valence electrons. The molecule has 25 heavy (non-hydrogen) atoms. The van der Waals surface area contributed by atoms with Gasteiger partial charge in [0.2, 0.25) is 5.91 Å². The average Bonchev–Trinajstić information content (AvgIpc) is 2.56. The van der Waals surface area contributed by atoms with Crippen molar-refractivity contribution in [1.82, 2.24) is 4.90 Å². The van der Waals surface area contributed by atoms with Crippen molar-refractivity contribution in [1.29, 1.82) is 5.26 Å². The monoisotopic (exact) mass is 365 g/mol. The van der Waals surface area contributed by atoms with E-state index in [4.69, 9.17) is 16.9 Å². The normalized spacial score (nSPS) is 10.6. The van der Waals surface area contributed by atoms with Crippen LogP contribution in [0.4, 0.5) is 5.69 Å². The number of halogens is 1. The number of methoxy groups -OCH3 is 1. The van der Waals surface area contributed by atoms with Gasteiger partial charge in [-0.2, -0.15) is 5.26 Å². The minimum absolute atomic E-state index is 0.146. The van der Waals surface area contributed by atoms with Crippen LogP contribution in [0.2, 0.25) is 5.02 Å². The van der Waals surface area contributed by atoms with Crippen LogP contribution in [0.3, 0.4) is 0 Å². The number of esters is 1. The van der Waals surface area contributed by atoms with Crippen LogP contribution in [-0.2, 0) is 14.3 Å². The molecule has 0 saturated heterocycles. The predicted molar refractivity (Wildman–Crippen MR) is 97.3 cm³/mol. The van der Waals surface area contributed by atoms with Crippen molar-refractivity contribution < 1.29 is 14.3 Å². The first-order valence-corrected chi connectivity index (χ1v) is 8.52. The molecule has 0 unspecified atom stereocenters. The molecule has 0 saturated carbocycles. The number of anilines is 1. The lowest BCUT2D eigenvalue weighted by molar-refractivity contribution is -0.141. The molecule has 0 aromatic heterocycles. The van der Waals surface area contributed by atoms with E-state index in [1.165, 1.54) is 7.11 Å². The SMILES string of the molecule is COC(=O)CCN(CCC(=O)Nc1ccc(C#N)c(Cl)c1)CC(C)C. The summed E-state index contributed by atoms with van der Waals surface area (Å²) in [6.45, 7) is 6.08. The summed E-state index contributed by atoms with van der Waals surface area (Å²) in [5, 5.41) is 11.9. The van der Waals surface area contributed by atoms with Gasteiger partial charge < -0.3 is 15.0 Å². The van der Waals surface area contributed by atoms with Crippen molar-refractivity contribution in [3.8, 4) is 6.07 Å². The van der Waals surface area contributed by atoms with Crippen LogP contribution in [0.5, 0.6) is 0 Å². The van der Waals surface area contributed by atoms with E-state index in [-0.39, 0.29) is 11.9 Å². The van der Waals surface area contributed by atoms with E-state index in [9.17, 15) is 9.59 Å². The van der Waals surface area contributed by atoms with Gasteiger partial charge in [-0.3, -0.25) is 9.59 Å². The third-order valence-corrected chi connectivity index (χ3v) is 3.82. The molecule has 0 bridgehead atoms. The molecule has 0 aliphatic rings. The Morgan fingerprint density at radius 3 is 2.56 bits per heavy atom. The predicted octanol–water partition coefficient (Wildman–Crippen LogP) is 3.06. The van der Waals surface area contributed by atoms with Crippen LogP contribution < -0.4 is 5.32 Å². The molecule has 0 fully saturated rings. The van der Waals surface area contributed by atoms with Crippen molar-refractivity contribution in [3.05, 3.63) is 28.8 Å². The number of benzene rings is 1. The summed E-state index contributed by atoms with van der Waals surface area (Å²) < 4.78 is 4.66. The summed E-state index contributed by atoms with van der Waals surface area (Å²) in [6.07, 6.45) is 0.599. The minimum atomic E-state index is -0.259. The molecule has 0 aliphatic carbocycles. The molecule has 1 aromatic carbocycles. The highest BCUT2D eigenvalue weighted by molar-refractivity contribution is 6.32. The van der Waals surface area contributed by atoms with Gasteiger partial charge in [-0.05, 0) is 24.1 Å². The third-order valence-electron chi connectivity index (χ3n) is 3.51. The maximum Gasteiger partial charge on any atom is 0.306 e. The standard InChI is InChI=1S/C18H24ClN3O3/c1-13(2)12-22(9-7-18(24)25-3)8-6-17(23)21-15-5-4-14(11-20)16(19)10-15/h4-5,10,13H,6-9,12H2,1-3H3,(H,21,23). The number of hydrogen-bond acceptors (Lipinski definition) is 5. The number of nitriles is 1. The summed E-state index contributed by atoms with van der Waals surface area (Å²) in [7, 11) is 1.37. The lowest BCUT2D eigenvalue weighted by Crippen LogP contribution is -2.33. The Hall–Kier alpha value is -2.10. The lowest BCUT2D eigenvalue weighted by atomic mass is 10.2. The number of nitrogens with one attached hydrogen (secondary N) is 1. The van der Waals surface area contributed by atoms with E-state index in [0.717, 1.165) is 6.54 Å². The van der Waals surface area contributed by atoms with Gasteiger partial charge in [0.25, 0.3) is 0 Å². The quantitative estimate of drug-likeness (QED) is 0.680. The van der Waals surface area contributed by atoms with Crippen LogP contribution in [0.25, 0.3) is 0 Å². The zero-order valence-electron chi connectivity index (χ0n) is 14.8. The van der Waals surface area contributed by atoms with Crippen LogP contribution in [0.1, 0.15) is 32.3 Å². The fraction of sp³-hybridized carbons (Fsp3) is 0.500. The Labute approximate surface area is 153 Å². The van der Waals surface area contributed by atoms with Crippen LogP contribution in [-0.4, -0.2) is 43.5 Å². The van der Waals surface area contributed by atoms with Gasteiger partial charge >= 0.3 is 5.97 Å². The summed E-state index contributed by atoms with van der Waals surface area (Å²) in [4.78, 5) is 25.5. The molecule has 1 amide bonds. The Bertz CT molecular complexity index is 641. The zero-order chi connectivity index (χ0) is 18.8. The van der Waals surface area contributed by atoms with Crippen molar-refractivity contribution in [2.45, 2.75) is 26.7 Å². The van der Waals surface area contributed by atoms with Crippen LogP contribution >= 0.6 is 11.6 Å². The number of rotatable bonds is 9. The highest BCUT2D eigenvalue weighted by atomic mass is 35.5. The third kappa shape index (κ3) is 8.01. The molecule has 0 atom stereocenters. The molecule has 0 spiro atoms. The van der Waals surface area contributed by atoms with Crippen LogP contribution in [0.15, 0.2) is 18.2 Å². The lowest BCUT2D eigenvalue weighted by Gasteiger charge is -2.23. The summed E-state index contributed by atoms with van der Waals surface area (Å²) >= 11 is 5.96. The fourth-order valence-electron chi connectivity index (χ4n) is 2.33. The van der Waals surface area contributed by atoms with E-state index in [2.05, 4.69) is 28.8 Å². The van der Waals surface area contributed by atoms with Gasteiger partial charge in [0.1, 0.15) is 6.07 Å². The van der Waals surface area contributed by atoms with Gasteiger partial charge in [-0.1, -0.05) is 25.4 Å². The van der Waals surface area contributed by atoms with E-state index in [1.54, 1.807) is 18.2 Å². The molecule has 0 radical (unpaired) electrons. The van der Waals surface area contributed by atoms with E-state index in [1.807, 2.05) is 6.07 Å². The Kier molecular flexibility index (Phi) is 8.96. The average molecular weight is 366 g/mol. The van der Waals surface area contributed by atoms with Gasteiger partial charge in [-0.15, -0.1) is 0 Å². The van der Waals surface area contributed by atoms with Crippen molar-refractivity contribution in [2.75, 3.05) is 32.1 Å². The van der Waals surface area contributed by atoms with Crippen molar-refractivity contribution >= 4 is 29.2 Å². The first-order valence-electron chi connectivity index (χ1n) is 8.14. The van der Waals surface area contributed by atoms with E-state index < -0.39 is 0 Å². The number of carbonyl (C=O) groups excluding carboxylic acids is 2. The van der Waals surface area contributed by atoms with Crippen molar-refractivity contribution in [2.24, 2.45) is 5.92 Å². The second-order valence-electron chi connectivity index (χ2n) is 6.13. The minimum Gasteiger partial charge on any atom is -0.469 e. The smallest absolute Gasteiger partial charge is 0.306 e. The largest absolute Gasteiger partial charge is 0.469 e. The summed E-state index contributed by atoms with van der Waals surface area (Å²) in [6, 6.07) is 6.74. The molecular formula is C18H24ClN3O3. The van der Waals surface area contributed by atoms with E-state index >= 15 is 0 Å². The fourth-order valence-corrected chi connectivity index (χ4v) is 2.55. The molecule has 1 N–H and O–H groups in total. The molecule has 0 aliphatic heterocycles. The molecule has 1 aromatic rings. The number of amides is 1. The van der Waals surface area contributed by atoms with Gasteiger partial charge in [-0.25, -0.2) is 0 Å². The second kappa shape index (κ2) is 10.7. The first-order chi connectivity index (χ1) is 11.8. The molecule has 0 heterocycles. The van der Waals surface area contributed by atoms with Gasteiger partial charge in [0, 0.05) is 31.7 Å². The number of ether oxygens (including phenoxy) is 1. The first kappa shape index (κ1) is 20.9. The van der Waals surface area contributed by atoms with Crippen molar-refractivity contribution in [3.63, 3.8) is 0 Å². The summed E-state index contributed by atoms with van der Waals surface area (Å²) in [5.74, 6) is 0.0241. The Morgan fingerprint density at radius 1 is 1.32 bits per heavy atom. The molecule has 6 nitrogen and oxygen atoms in total. The molecule has 1 rings (SSSR count). The molecule has 7 heteroatoms. The topological polar surface area (TPSA) is 82.4 Å².